The molecule has 0 unspecified atom stereocenters. The number of hydrogen-bond acceptors (Lipinski definition) is 4. The molecule has 154 valence electrons. The second-order valence-electron chi connectivity index (χ2n) is 7.31. The highest BCUT2D eigenvalue weighted by atomic mass is 16.5. The van der Waals surface area contributed by atoms with Gasteiger partial charge in [-0.05, 0) is 60.4 Å². The quantitative estimate of drug-likeness (QED) is 0.467. The minimum atomic E-state index is -0.897. The molecule has 0 aliphatic carbocycles. The Hall–Kier alpha value is -3.91. The third-order valence-corrected chi connectivity index (χ3v) is 5.46. The summed E-state index contributed by atoms with van der Waals surface area (Å²) in [6.45, 7) is 8.28. The van der Waals surface area contributed by atoms with Crippen molar-refractivity contribution in [2.45, 2.75) is 26.7 Å². The van der Waals surface area contributed by atoms with Crippen LogP contribution in [0.1, 0.15) is 29.2 Å². The van der Waals surface area contributed by atoms with E-state index in [1.807, 2.05) is 31.2 Å². The highest BCUT2D eigenvalue weighted by molar-refractivity contribution is 6.03. The van der Waals surface area contributed by atoms with E-state index < -0.39 is 5.97 Å². The van der Waals surface area contributed by atoms with Crippen molar-refractivity contribution in [3.8, 4) is 28.7 Å². The van der Waals surface area contributed by atoms with Gasteiger partial charge in [0.05, 0.1) is 30.4 Å². The minimum absolute atomic E-state index is 0.111. The van der Waals surface area contributed by atoms with E-state index in [0.29, 0.717) is 12.3 Å². The van der Waals surface area contributed by atoms with E-state index in [2.05, 4.69) is 28.4 Å². The standard InChI is InChI=1S/C26H22N2O3/c1-4-6-11-27-21-14-16(3)20(15-23(29)30)25(18(21)5-2)19-7-8-22-24-17(10-13-31-22)9-12-28-26(19)24/h5,7-9,11-12,14H,2,10,13,15H2,1,3H3,(H,29,30). The predicted octanol–water partition coefficient (Wildman–Crippen LogP) is 5.14. The van der Waals surface area contributed by atoms with Gasteiger partial charge in [0.15, 0.2) is 0 Å². The second-order valence-corrected chi connectivity index (χ2v) is 7.31. The van der Waals surface area contributed by atoms with Crippen molar-refractivity contribution >= 4 is 34.9 Å². The smallest absolute Gasteiger partial charge is 0.307 e. The summed E-state index contributed by atoms with van der Waals surface area (Å²) in [5.74, 6) is 5.54. The largest absolute Gasteiger partial charge is 0.493 e. The van der Waals surface area contributed by atoms with Gasteiger partial charge in [-0.3, -0.25) is 9.78 Å². The lowest BCUT2D eigenvalue weighted by atomic mass is 9.86. The van der Waals surface area contributed by atoms with Gasteiger partial charge in [-0.25, -0.2) is 4.99 Å². The highest BCUT2D eigenvalue weighted by Crippen LogP contribution is 2.43. The average Bonchev–Trinajstić information content (AvgIpc) is 2.76. The van der Waals surface area contributed by atoms with Crippen LogP contribution < -0.4 is 4.74 Å². The molecule has 0 spiro atoms. The molecule has 3 aromatic rings. The van der Waals surface area contributed by atoms with E-state index in [1.165, 1.54) is 5.56 Å². The molecule has 0 bridgehead atoms. The normalized spacial score (nSPS) is 12.3. The Balaban J connectivity index is 2.10. The number of nitrogens with zero attached hydrogens (tertiary/aromatic N) is 2. The fourth-order valence-corrected chi connectivity index (χ4v) is 4.13. The molecule has 1 aliphatic rings. The molecule has 1 N–H and O–H groups in total. The number of aryl methyl sites for hydroxylation is 1. The molecule has 0 amide bonds. The lowest BCUT2D eigenvalue weighted by Crippen LogP contribution is -2.10. The second kappa shape index (κ2) is 8.45. The molecule has 0 radical (unpaired) electrons. The Labute approximate surface area is 181 Å². The van der Waals surface area contributed by atoms with Crippen LogP contribution in [0, 0.1) is 18.8 Å². The lowest BCUT2D eigenvalue weighted by Gasteiger charge is -2.22. The zero-order chi connectivity index (χ0) is 22.0. The van der Waals surface area contributed by atoms with Crippen LogP contribution in [0.5, 0.6) is 5.75 Å². The first-order valence-corrected chi connectivity index (χ1v) is 10.0. The molecule has 1 aliphatic heterocycles. The van der Waals surface area contributed by atoms with E-state index in [1.54, 1.807) is 25.4 Å². The van der Waals surface area contributed by atoms with Crippen molar-refractivity contribution in [3.05, 3.63) is 59.3 Å². The number of pyridine rings is 1. The number of hydrogen-bond donors (Lipinski definition) is 1. The molecule has 2 heterocycles. The first-order valence-electron chi connectivity index (χ1n) is 10.0. The molecule has 0 atom stereocenters. The summed E-state index contributed by atoms with van der Waals surface area (Å²) < 4.78 is 5.86. The van der Waals surface area contributed by atoms with E-state index in [-0.39, 0.29) is 6.42 Å². The maximum Gasteiger partial charge on any atom is 0.307 e. The minimum Gasteiger partial charge on any atom is -0.493 e. The molecule has 0 saturated carbocycles. The van der Waals surface area contributed by atoms with Gasteiger partial charge in [-0.15, -0.1) is 5.92 Å². The zero-order valence-corrected chi connectivity index (χ0v) is 17.5. The van der Waals surface area contributed by atoms with Gasteiger partial charge in [0.25, 0.3) is 0 Å². The molecule has 2 aromatic carbocycles. The molecule has 1 aromatic heterocycles. The molecule has 0 fully saturated rings. The number of aliphatic imine (C=N–C) groups is 1. The topological polar surface area (TPSA) is 71.8 Å². The van der Waals surface area contributed by atoms with E-state index in [0.717, 1.165) is 50.9 Å². The number of ether oxygens (including phenoxy) is 1. The van der Waals surface area contributed by atoms with Crippen LogP contribution >= 0.6 is 0 Å². The third kappa shape index (κ3) is 3.69. The summed E-state index contributed by atoms with van der Waals surface area (Å²) in [4.78, 5) is 20.9. The van der Waals surface area contributed by atoms with Crippen molar-refractivity contribution in [1.29, 1.82) is 0 Å². The SMILES string of the molecule is C=Cc1c(N=CC#CC)cc(C)c(CC(=O)O)c1-c1ccc2c3c(ccnc13)CCO2. The predicted molar refractivity (Wildman–Crippen MR) is 124 cm³/mol. The number of carboxylic acid groups (broad SMARTS) is 1. The van der Waals surface area contributed by atoms with E-state index >= 15 is 0 Å². The maximum absolute atomic E-state index is 11.7. The Kier molecular flexibility index (Phi) is 5.55. The fourth-order valence-electron chi connectivity index (χ4n) is 4.13. The third-order valence-electron chi connectivity index (χ3n) is 5.46. The zero-order valence-electron chi connectivity index (χ0n) is 17.5. The van der Waals surface area contributed by atoms with Crippen LogP contribution in [-0.4, -0.2) is 28.9 Å². The molecule has 0 saturated heterocycles. The summed E-state index contributed by atoms with van der Waals surface area (Å²) in [5.41, 5.74) is 6.62. The number of rotatable bonds is 5. The lowest BCUT2D eigenvalue weighted by molar-refractivity contribution is -0.136. The van der Waals surface area contributed by atoms with Crippen molar-refractivity contribution < 1.29 is 14.6 Å². The van der Waals surface area contributed by atoms with Gasteiger partial charge in [-0.1, -0.05) is 18.6 Å². The van der Waals surface area contributed by atoms with Gasteiger partial charge in [0.2, 0.25) is 0 Å². The van der Waals surface area contributed by atoms with Crippen LogP contribution in [0.25, 0.3) is 28.1 Å². The summed E-state index contributed by atoms with van der Waals surface area (Å²) in [7, 11) is 0. The van der Waals surface area contributed by atoms with Crippen molar-refractivity contribution in [3.63, 3.8) is 0 Å². The van der Waals surface area contributed by atoms with Crippen LogP contribution in [0.15, 0.2) is 42.0 Å². The summed E-state index contributed by atoms with van der Waals surface area (Å²) >= 11 is 0. The van der Waals surface area contributed by atoms with E-state index in [4.69, 9.17) is 4.74 Å². The summed E-state index contributed by atoms with van der Waals surface area (Å²) in [6, 6.07) is 7.79. The molecular formula is C26H22N2O3. The fraction of sp³-hybridized carbons (Fsp3) is 0.192. The molecule has 5 nitrogen and oxygen atoms in total. The van der Waals surface area contributed by atoms with Crippen molar-refractivity contribution in [2.24, 2.45) is 4.99 Å². The summed E-state index contributed by atoms with van der Waals surface area (Å²) in [6.07, 6.45) is 5.77. The Morgan fingerprint density at radius 1 is 1.39 bits per heavy atom. The van der Waals surface area contributed by atoms with Crippen LogP contribution in [0.2, 0.25) is 0 Å². The Morgan fingerprint density at radius 2 is 2.23 bits per heavy atom. The first kappa shape index (κ1) is 20.4. The van der Waals surface area contributed by atoms with Crippen LogP contribution in [0.3, 0.4) is 0 Å². The number of carboxylic acids is 1. The monoisotopic (exact) mass is 410 g/mol. The Bertz CT molecular complexity index is 1300. The number of aliphatic carboxylic acids is 1. The molecule has 5 heteroatoms. The van der Waals surface area contributed by atoms with Crippen LogP contribution in [0.4, 0.5) is 5.69 Å². The van der Waals surface area contributed by atoms with Gasteiger partial charge in [0, 0.05) is 29.1 Å². The van der Waals surface area contributed by atoms with Crippen LogP contribution in [-0.2, 0) is 17.6 Å². The van der Waals surface area contributed by atoms with Gasteiger partial charge in [-0.2, -0.15) is 0 Å². The van der Waals surface area contributed by atoms with E-state index in [9.17, 15) is 9.90 Å². The molecule has 31 heavy (non-hydrogen) atoms. The number of carbonyl (C=O) groups is 1. The van der Waals surface area contributed by atoms with Crippen molar-refractivity contribution in [1.82, 2.24) is 4.98 Å². The Morgan fingerprint density at radius 3 is 2.97 bits per heavy atom. The van der Waals surface area contributed by atoms with Gasteiger partial charge >= 0.3 is 5.97 Å². The van der Waals surface area contributed by atoms with Gasteiger partial charge < -0.3 is 9.84 Å². The average molecular weight is 410 g/mol. The maximum atomic E-state index is 11.7. The van der Waals surface area contributed by atoms with Gasteiger partial charge in [0.1, 0.15) is 5.75 Å². The molecule has 4 rings (SSSR count). The van der Waals surface area contributed by atoms with Crippen molar-refractivity contribution in [2.75, 3.05) is 6.61 Å². The number of aromatic nitrogens is 1. The number of benzene rings is 2. The summed E-state index contributed by atoms with van der Waals surface area (Å²) in [5, 5.41) is 10.6. The molecular weight excluding hydrogens is 388 g/mol. The highest BCUT2D eigenvalue weighted by Gasteiger charge is 2.23. The first-order chi connectivity index (χ1) is 15.0.